The molecule has 0 aliphatic rings. The monoisotopic (exact) mass is 292 g/mol. The van der Waals surface area contributed by atoms with E-state index in [1.54, 1.807) is 19.9 Å². The van der Waals surface area contributed by atoms with E-state index in [2.05, 4.69) is 4.74 Å². The topological polar surface area (TPSA) is 38.7 Å². The summed E-state index contributed by atoms with van der Waals surface area (Å²) >= 11 is 0. The van der Waals surface area contributed by atoms with Crippen molar-refractivity contribution in [1.29, 1.82) is 0 Å². The van der Waals surface area contributed by atoms with Crippen molar-refractivity contribution in [3.63, 3.8) is 0 Å². The lowest BCUT2D eigenvalue weighted by atomic mass is 9.90. The zero-order valence-electron chi connectivity index (χ0n) is 11.7. The summed E-state index contributed by atoms with van der Waals surface area (Å²) < 4.78 is 45.9. The summed E-state index contributed by atoms with van der Waals surface area (Å²) in [5.74, 6) is -0.357. The predicted molar refractivity (Wildman–Crippen MR) is 68.4 cm³/mol. The van der Waals surface area contributed by atoms with Crippen molar-refractivity contribution >= 4 is 0 Å². The summed E-state index contributed by atoms with van der Waals surface area (Å²) in [5.41, 5.74) is -0.532. The van der Waals surface area contributed by atoms with Gasteiger partial charge in [-0.1, -0.05) is 19.1 Å². The van der Waals surface area contributed by atoms with Gasteiger partial charge < -0.3 is 14.6 Å². The van der Waals surface area contributed by atoms with Crippen molar-refractivity contribution in [2.24, 2.45) is 0 Å². The van der Waals surface area contributed by atoms with Gasteiger partial charge in [-0.15, -0.1) is 13.2 Å². The third-order valence-corrected chi connectivity index (χ3v) is 3.16. The molecule has 0 fully saturated rings. The molecule has 0 bridgehead atoms. The van der Waals surface area contributed by atoms with Crippen molar-refractivity contribution in [3.05, 3.63) is 29.8 Å². The summed E-state index contributed by atoms with van der Waals surface area (Å²) in [6.07, 6.45) is -5.27. The first-order valence-corrected chi connectivity index (χ1v) is 6.39. The fourth-order valence-electron chi connectivity index (χ4n) is 1.94. The summed E-state index contributed by atoms with van der Waals surface area (Å²) in [4.78, 5) is 0. The van der Waals surface area contributed by atoms with Crippen LogP contribution in [0, 0.1) is 0 Å². The molecule has 20 heavy (non-hydrogen) atoms. The minimum Gasteiger partial charge on any atom is -0.406 e. The predicted octanol–water partition coefficient (Wildman–Crippen LogP) is 3.82. The molecule has 6 heteroatoms. The van der Waals surface area contributed by atoms with E-state index in [0.29, 0.717) is 18.6 Å². The number of aliphatic hydroxyl groups excluding tert-OH is 1. The van der Waals surface area contributed by atoms with Gasteiger partial charge >= 0.3 is 6.36 Å². The summed E-state index contributed by atoms with van der Waals surface area (Å²) in [6.45, 7) is 5.76. The van der Waals surface area contributed by atoms with Crippen LogP contribution in [-0.4, -0.2) is 23.7 Å². The lowest BCUT2D eigenvalue weighted by molar-refractivity contribution is -0.274. The lowest BCUT2D eigenvalue weighted by Crippen LogP contribution is -2.35. The fraction of sp³-hybridized carbons (Fsp3) is 0.571. The Bertz CT molecular complexity index is 434. The molecule has 0 aromatic heterocycles. The van der Waals surface area contributed by atoms with Crippen LogP contribution in [0.2, 0.25) is 0 Å². The Morgan fingerprint density at radius 2 is 1.90 bits per heavy atom. The molecule has 0 saturated heterocycles. The average molecular weight is 292 g/mol. The first-order chi connectivity index (χ1) is 9.22. The number of rotatable bonds is 6. The van der Waals surface area contributed by atoms with E-state index in [4.69, 9.17) is 4.74 Å². The molecule has 0 amide bonds. The Morgan fingerprint density at radius 1 is 1.25 bits per heavy atom. The van der Waals surface area contributed by atoms with Crippen LogP contribution in [0.4, 0.5) is 13.2 Å². The van der Waals surface area contributed by atoms with Gasteiger partial charge in [-0.25, -0.2) is 0 Å². The van der Waals surface area contributed by atoms with Crippen molar-refractivity contribution in [2.45, 2.75) is 45.3 Å². The van der Waals surface area contributed by atoms with Gasteiger partial charge in [0.1, 0.15) is 11.9 Å². The zero-order chi connectivity index (χ0) is 15.4. The van der Waals surface area contributed by atoms with Crippen LogP contribution in [0.3, 0.4) is 0 Å². The van der Waals surface area contributed by atoms with Gasteiger partial charge in [0.05, 0.1) is 5.60 Å². The second-order valence-corrected chi connectivity index (χ2v) is 4.62. The van der Waals surface area contributed by atoms with Crippen molar-refractivity contribution in [2.75, 3.05) is 6.61 Å². The number of halogens is 3. The highest BCUT2D eigenvalue weighted by molar-refractivity contribution is 5.31. The molecule has 2 atom stereocenters. The highest BCUT2D eigenvalue weighted by atomic mass is 19.4. The highest BCUT2D eigenvalue weighted by Crippen LogP contribution is 2.34. The van der Waals surface area contributed by atoms with Crippen LogP contribution >= 0.6 is 0 Å². The average Bonchev–Trinajstić information content (AvgIpc) is 2.36. The normalized spacial score (nSPS) is 16.6. The lowest BCUT2D eigenvalue weighted by Gasteiger charge is -2.33. The molecule has 0 saturated carbocycles. The number of ether oxygens (including phenoxy) is 2. The second kappa shape index (κ2) is 6.45. The zero-order valence-corrected chi connectivity index (χ0v) is 11.7. The number of benzene rings is 1. The maximum atomic E-state index is 12.2. The minimum absolute atomic E-state index is 0.324. The maximum absolute atomic E-state index is 12.2. The van der Waals surface area contributed by atoms with Gasteiger partial charge in [-0.2, -0.15) is 0 Å². The van der Waals surface area contributed by atoms with E-state index >= 15 is 0 Å². The molecule has 0 radical (unpaired) electrons. The van der Waals surface area contributed by atoms with Crippen LogP contribution in [0.5, 0.6) is 5.75 Å². The maximum Gasteiger partial charge on any atom is 0.573 e. The van der Waals surface area contributed by atoms with Gasteiger partial charge in [0.15, 0.2) is 0 Å². The Morgan fingerprint density at radius 3 is 2.40 bits per heavy atom. The molecule has 3 nitrogen and oxygen atoms in total. The first kappa shape index (κ1) is 16.8. The number of alkyl halides is 3. The van der Waals surface area contributed by atoms with E-state index in [1.165, 1.54) is 18.2 Å². The molecule has 1 rings (SSSR count). The molecule has 0 aliphatic heterocycles. The minimum atomic E-state index is -4.75. The molecule has 0 heterocycles. The fourth-order valence-corrected chi connectivity index (χ4v) is 1.94. The SMILES string of the molecule is CCOC(C)(CC)C(O)c1cccc(OC(F)(F)F)c1. The molecule has 0 spiro atoms. The summed E-state index contributed by atoms with van der Waals surface area (Å²) in [7, 11) is 0. The number of aliphatic hydroxyl groups is 1. The van der Waals surface area contributed by atoms with Gasteiger partial charge in [0.25, 0.3) is 0 Å². The molecule has 114 valence electrons. The van der Waals surface area contributed by atoms with Gasteiger partial charge in [-0.3, -0.25) is 0 Å². The van der Waals surface area contributed by atoms with Crippen LogP contribution in [0.15, 0.2) is 24.3 Å². The van der Waals surface area contributed by atoms with E-state index in [0.717, 1.165) is 0 Å². The van der Waals surface area contributed by atoms with Crippen LogP contribution in [0.1, 0.15) is 38.9 Å². The van der Waals surface area contributed by atoms with E-state index in [9.17, 15) is 18.3 Å². The Hall–Kier alpha value is -1.27. The largest absolute Gasteiger partial charge is 0.573 e. The number of hydrogen-bond donors (Lipinski definition) is 1. The smallest absolute Gasteiger partial charge is 0.406 e. The van der Waals surface area contributed by atoms with Crippen LogP contribution in [-0.2, 0) is 4.74 Å². The van der Waals surface area contributed by atoms with E-state index in [-0.39, 0.29) is 5.75 Å². The third kappa shape index (κ3) is 4.38. The molecule has 0 aliphatic carbocycles. The Labute approximate surface area is 116 Å². The van der Waals surface area contributed by atoms with Crippen LogP contribution in [0.25, 0.3) is 0 Å². The van der Waals surface area contributed by atoms with Gasteiger partial charge in [0, 0.05) is 6.61 Å². The highest BCUT2D eigenvalue weighted by Gasteiger charge is 2.34. The molecule has 1 aromatic rings. The molecule has 2 unspecified atom stereocenters. The second-order valence-electron chi connectivity index (χ2n) is 4.62. The van der Waals surface area contributed by atoms with Gasteiger partial charge in [0.2, 0.25) is 0 Å². The van der Waals surface area contributed by atoms with Crippen molar-refractivity contribution in [3.8, 4) is 5.75 Å². The standard InChI is InChI=1S/C14H19F3O3/c1-4-13(3,19-5-2)12(18)10-7-6-8-11(9-10)20-14(15,16)17/h6-9,12,18H,4-5H2,1-3H3. The third-order valence-electron chi connectivity index (χ3n) is 3.16. The molecular weight excluding hydrogens is 273 g/mol. The van der Waals surface area contributed by atoms with Gasteiger partial charge in [-0.05, 0) is 38.0 Å². The first-order valence-electron chi connectivity index (χ1n) is 6.39. The Kier molecular flexibility index (Phi) is 5.42. The number of hydrogen-bond acceptors (Lipinski definition) is 3. The quantitative estimate of drug-likeness (QED) is 0.866. The molecule has 1 N–H and O–H groups in total. The van der Waals surface area contributed by atoms with E-state index in [1.807, 2.05) is 6.92 Å². The molecular formula is C14H19F3O3. The Balaban J connectivity index is 2.98. The van der Waals surface area contributed by atoms with Crippen LogP contribution < -0.4 is 4.74 Å². The summed E-state index contributed by atoms with van der Waals surface area (Å²) in [5, 5.41) is 10.3. The summed E-state index contributed by atoms with van der Waals surface area (Å²) in [6, 6.07) is 5.31. The molecule has 1 aromatic carbocycles. The van der Waals surface area contributed by atoms with Crippen molar-refractivity contribution in [1.82, 2.24) is 0 Å². The van der Waals surface area contributed by atoms with Crippen molar-refractivity contribution < 1.29 is 27.8 Å². The van der Waals surface area contributed by atoms with E-state index < -0.39 is 18.1 Å².